The smallest absolute Gasteiger partial charge is 0.188 e. The molecule has 0 bridgehead atoms. The van der Waals surface area contributed by atoms with Gasteiger partial charge in [0.2, 0.25) is 0 Å². The minimum absolute atomic E-state index is 0.427. The van der Waals surface area contributed by atoms with Crippen LogP contribution in [0.2, 0.25) is 0 Å². The molecule has 0 amide bonds. The molecule has 1 atom stereocenters. The monoisotopic (exact) mass is 184 g/mol. The Kier molecular flexibility index (Phi) is 3.75. The highest BCUT2D eigenvalue weighted by atomic mass is 16.7. The normalized spacial score (nSPS) is 13.2. The molecule has 0 aliphatic carbocycles. The number of hydrogen-bond acceptors (Lipinski definition) is 5. The minimum Gasteiger partial charge on any atom is -0.381 e. The van der Waals surface area contributed by atoms with Gasteiger partial charge in [-0.3, -0.25) is 9.97 Å². The fraction of sp³-hybridized carbons (Fsp3) is 0.500. The fourth-order valence-electron chi connectivity index (χ4n) is 0.957. The van der Waals surface area contributed by atoms with E-state index >= 15 is 0 Å². The molecule has 0 spiro atoms. The molecule has 0 aliphatic rings. The van der Waals surface area contributed by atoms with Crippen molar-refractivity contribution < 1.29 is 14.6 Å². The van der Waals surface area contributed by atoms with Gasteiger partial charge in [0.1, 0.15) is 6.10 Å². The number of aliphatic hydroxyl groups excluding tert-OH is 1. The van der Waals surface area contributed by atoms with E-state index in [0.717, 1.165) is 0 Å². The molecule has 0 radical (unpaired) electrons. The second kappa shape index (κ2) is 4.86. The van der Waals surface area contributed by atoms with E-state index < -0.39 is 12.4 Å². The molecule has 0 aromatic carbocycles. The minimum atomic E-state index is -0.913. The van der Waals surface area contributed by atoms with Crippen LogP contribution in [0.1, 0.15) is 11.8 Å². The van der Waals surface area contributed by atoms with Crippen LogP contribution in [0.5, 0.6) is 0 Å². The van der Waals surface area contributed by atoms with Gasteiger partial charge in [0.15, 0.2) is 6.29 Å². The lowest BCUT2D eigenvalue weighted by Crippen LogP contribution is -2.23. The van der Waals surface area contributed by atoms with Gasteiger partial charge in [0, 0.05) is 26.6 Å². The highest BCUT2D eigenvalue weighted by molar-refractivity contribution is 4.99. The zero-order valence-corrected chi connectivity index (χ0v) is 7.54. The summed E-state index contributed by atoms with van der Waals surface area (Å²) in [7, 11) is 2.90. The van der Waals surface area contributed by atoms with Crippen LogP contribution in [0, 0.1) is 0 Å². The molecule has 0 fully saturated rings. The van der Waals surface area contributed by atoms with Crippen molar-refractivity contribution in [1.82, 2.24) is 9.97 Å². The lowest BCUT2D eigenvalue weighted by Gasteiger charge is -2.18. The van der Waals surface area contributed by atoms with E-state index in [2.05, 4.69) is 9.97 Å². The Hall–Kier alpha value is -1.04. The van der Waals surface area contributed by atoms with Gasteiger partial charge in [-0.25, -0.2) is 0 Å². The number of nitrogens with zero attached hydrogens (tertiary/aromatic N) is 2. The number of rotatable bonds is 4. The lowest BCUT2D eigenvalue weighted by molar-refractivity contribution is -0.167. The van der Waals surface area contributed by atoms with E-state index in [0.29, 0.717) is 5.69 Å². The molecule has 0 aliphatic heterocycles. The number of methoxy groups -OCH3 is 2. The molecule has 1 unspecified atom stereocenters. The Bertz CT molecular complexity index is 238. The molecule has 5 heteroatoms. The van der Waals surface area contributed by atoms with Gasteiger partial charge >= 0.3 is 0 Å². The van der Waals surface area contributed by atoms with Crippen molar-refractivity contribution in [3.8, 4) is 0 Å². The number of aliphatic hydroxyl groups is 1. The molecule has 1 aromatic rings. The zero-order chi connectivity index (χ0) is 9.68. The Morgan fingerprint density at radius 3 is 2.46 bits per heavy atom. The SMILES string of the molecule is COC(OC)C(O)c1cnccn1. The van der Waals surface area contributed by atoms with E-state index in [4.69, 9.17) is 9.47 Å². The van der Waals surface area contributed by atoms with Crippen LogP contribution < -0.4 is 0 Å². The molecular formula is C8H12N2O3. The molecule has 0 saturated heterocycles. The molecule has 13 heavy (non-hydrogen) atoms. The average molecular weight is 184 g/mol. The van der Waals surface area contributed by atoms with Crippen LogP contribution in [-0.4, -0.2) is 35.6 Å². The van der Waals surface area contributed by atoms with E-state index in [-0.39, 0.29) is 0 Å². The highest BCUT2D eigenvalue weighted by Gasteiger charge is 2.20. The second-order valence-corrected chi connectivity index (χ2v) is 2.41. The summed E-state index contributed by atoms with van der Waals surface area (Å²) in [6.07, 6.45) is 2.88. The van der Waals surface area contributed by atoms with Crippen molar-refractivity contribution in [1.29, 1.82) is 0 Å². The Morgan fingerprint density at radius 1 is 1.31 bits per heavy atom. The summed E-state index contributed by atoms with van der Waals surface area (Å²) in [6.45, 7) is 0. The first-order valence-corrected chi connectivity index (χ1v) is 3.79. The van der Waals surface area contributed by atoms with E-state index in [1.165, 1.54) is 32.8 Å². The van der Waals surface area contributed by atoms with Crippen LogP contribution >= 0.6 is 0 Å². The summed E-state index contributed by atoms with van der Waals surface area (Å²) in [6, 6.07) is 0. The standard InChI is InChI=1S/C8H12N2O3/c1-12-8(13-2)7(11)6-5-9-3-4-10-6/h3-5,7-8,11H,1-2H3. The zero-order valence-electron chi connectivity index (χ0n) is 7.54. The third-order valence-electron chi connectivity index (χ3n) is 1.61. The van der Waals surface area contributed by atoms with Gasteiger partial charge in [-0.05, 0) is 0 Å². The lowest BCUT2D eigenvalue weighted by atomic mass is 10.2. The molecule has 1 rings (SSSR count). The van der Waals surface area contributed by atoms with Crippen LogP contribution in [-0.2, 0) is 9.47 Å². The van der Waals surface area contributed by atoms with Crippen LogP contribution in [0.25, 0.3) is 0 Å². The Labute approximate surface area is 76.4 Å². The number of aromatic nitrogens is 2. The summed E-state index contributed by atoms with van der Waals surface area (Å²) in [4.78, 5) is 7.75. The quantitative estimate of drug-likeness (QED) is 0.674. The Balaban J connectivity index is 2.72. The molecule has 1 aromatic heterocycles. The summed E-state index contributed by atoms with van der Waals surface area (Å²) in [5.74, 6) is 0. The number of hydrogen-bond donors (Lipinski definition) is 1. The molecule has 1 N–H and O–H groups in total. The van der Waals surface area contributed by atoms with E-state index in [1.807, 2.05) is 0 Å². The third kappa shape index (κ3) is 2.45. The highest BCUT2D eigenvalue weighted by Crippen LogP contribution is 2.15. The summed E-state index contributed by atoms with van der Waals surface area (Å²) >= 11 is 0. The molecule has 1 heterocycles. The van der Waals surface area contributed by atoms with Crippen molar-refractivity contribution in [2.75, 3.05) is 14.2 Å². The maximum absolute atomic E-state index is 9.63. The van der Waals surface area contributed by atoms with Gasteiger partial charge in [-0.1, -0.05) is 0 Å². The summed E-state index contributed by atoms with van der Waals surface area (Å²) in [5.41, 5.74) is 0.427. The molecule has 5 nitrogen and oxygen atoms in total. The van der Waals surface area contributed by atoms with Gasteiger partial charge in [0.25, 0.3) is 0 Å². The molecule has 0 saturated carbocycles. The van der Waals surface area contributed by atoms with Crippen LogP contribution in [0.15, 0.2) is 18.6 Å². The first kappa shape index (κ1) is 10.0. The number of ether oxygens (including phenoxy) is 2. The van der Waals surface area contributed by atoms with Crippen LogP contribution in [0.4, 0.5) is 0 Å². The van der Waals surface area contributed by atoms with Crippen LogP contribution in [0.3, 0.4) is 0 Å². The largest absolute Gasteiger partial charge is 0.381 e. The molecule has 72 valence electrons. The van der Waals surface area contributed by atoms with E-state index in [9.17, 15) is 5.11 Å². The van der Waals surface area contributed by atoms with Gasteiger partial charge in [-0.2, -0.15) is 0 Å². The predicted molar refractivity (Wildman–Crippen MR) is 44.8 cm³/mol. The first-order valence-electron chi connectivity index (χ1n) is 3.79. The summed E-state index contributed by atoms with van der Waals surface area (Å²) in [5, 5.41) is 9.63. The van der Waals surface area contributed by atoms with Gasteiger partial charge in [-0.15, -0.1) is 0 Å². The van der Waals surface area contributed by atoms with Crippen molar-refractivity contribution >= 4 is 0 Å². The van der Waals surface area contributed by atoms with Gasteiger partial charge in [0.05, 0.1) is 11.9 Å². The van der Waals surface area contributed by atoms with Crippen molar-refractivity contribution in [3.05, 3.63) is 24.3 Å². The van der Waals surface area contributed by atoms with Crippen molar-refractivity contribution in [2.24, 2.45) is 0 Å². The van der Waals surface area contributed by atoms with Crippen molar-refractivity contribution in [3.63, 3.8) is 0 Å². The Morgan fingerprint density at radius 2 is 2.00 bits per heavy atom. The fourth-order valence-corrected chi connectivity index (χ4v) is 0.957. The first-order chi connectivity index (χ1) is 6.29. The predicted octanol–water partition coefficient (Wildman–Crippen LogP) is 0.129. The van der Waals surface area contributed by atoms with Gasteiger partial charge < -0.3 is 14.6 Å². The maximum Gasteiger partial charge on any atom is 0.188 e. The summed E-state index contributed by atoms with van der Waals surface area (Å²) < 4.78 is 9.75. The van der Waals surface area contributed by atoms with E-state index in [1.54, 1.807) is 0 Å². The second-order valence-electron chi connectivity index (χ2n) is 2.41. The topological polar surface area (TPSA) is 64.5 Å². The molecular weight excluding hydrogens is 172 g/mol. The third-order valence-corrected chi connectivity index (χ3v) is 1.61. The average Bonchev–Trinajstić information content (AvgIpc) is 2.21. The van der Waals surface area contributed by atoms with Crippen molar-refractivity contribution in [2.45, 2.75) is 12.4 Å². The maximum atomic E-state index is 9.63.